The van der Waals surface area contributed by atoms with Crippen LogP contribution in [0.15, 0.2) is 52.3 Å². The first-order valence-electron chi connectivity index (χ1n) is 6.67. The summed E-state index contributed by atoms with van der Waals surface area (Å²) >= 11 is 1.63. The predicted octanol–water partition coefficient (Wildman–Crippen LogP) is 4.88. The molecular formula is C18H16N2S. The topological polar surface area (TPSA) is 47.6 Å². The molecule has 0 spiro atoms. The van der Waals surface area contributed by atoms with Crippen molar-refractivity contribution in [2.24, 2.45) is 0 Å². The second-order valence-electron chi connectivity index (χ2n) is 5.78. The van der Waals surface area contributed by atoms with Crippen molar-refractivity contribution in [2.45, 2.75) is 36.0 Å². The van der Waals surface area contributed by atoms with Crippen LogP contribution in [0.3, 0.4) is 0 Å². The molecule has 2 aromatic rings. The Bertz CT molecular complexity index is 729. The standard InChI is InChI=1S/C18H16N2S/c1-18(2,3)16-9-13(11-19)14(12-20)10-17(16)21-15-7-5-4-6-8-15/h4-10H,1-3H3. The molecular weight excluding hydrogens is 276 g/mol. The van der Waals surface area contributed by atoms with E-state index in [-0.39, 0.29) is 5.41 Å². The third kappa shape index (κ3) is 3.45. The van der Waals surface area contributed by atoms with Crippen molar-refractivity contribution >= 4 is 11.8 Å². The molecule has 104 valence electrons. The summed E-state index contributed by atoms with van der Waals surface area (Å²) in [6, 6.07) is 18.0. The quantitative estimate of drug-likeness (QED) is 0.792. The van der Waals surface area contributed by atoms with Crippen molar-refractivity contribution in [1.29, 1.82) is 10.5 Å². The summed E-state index contributed by atoms with van der Waals surface area (Å²) < 4.78 is 0. The smallest absolute Gasteiger partial charge is 0.101 e. The Morgan fingerprint density at radius 2 is 1.48 bits per heavy atom. The van der Waals surface area contributed by atoms with Crippen molar-refractivity contribution < 1.29 is 0 Å². The zero-order valence-corrected chi connectivity index (χ0v) is 13.2. The van der Waals surface area contributed by atoms with E-state index in [1.165, 1.54) is 0 Å². The fourth-order valence-electron chi connectivity index (χ4n) is 2.05. The molecule has 0 saturated heterocycles. The van der Waals surface area contributed by atoms with Crippen LogP contribution in [0.2, 0.25) is 0 Å². The fraction of sp³-hybridized carbons (Fsp3) is 0.222. The normalized spacial score (nSPS) is 10.7. The maximum Gasteiger partial charge on any atom is 0.101 e. The highest BCUT2D eigenvalue weighted by atomic mass is 32.2. The van der Waals surface area contributed by atoms with Gasteiger partial charge in [0.25, 0.3) is 0 Å². The van der Waals surface area contributed by atoms with Gasteiger partial charge in [0.2, 0.25) is 0 Å². The van der Waals surface area contributed by atoms with E-state index in [9.17, 15) is 10.5 Å². The summed E-state index contributed by atoms with van der Waals surface area (Å²) in [6.07, 6.45) is 0. The van der Waals surface area contributed by atoms with Crippen LogP contribution in [0.1, 0.15) is 37.5 Å². The summed E-state index contributed by atoms with van der Waals surface area (Å²) in [6.45, 7) is 6.35. The van der Waals surface area contributed by atoms with E-state index in [0.717, 1.165) is 15.4 Å². The Morgan fingerprint density at radius 3 is 2.00 bits per heavy atom. The Hall–Kier alpha value is -2.23. The van der Waals surface area contributed by atoms with Crippen LogP contribution < -0.4 is 0 Å². The maximum atomic E-state index is 9.22. The first-order valence-corrected chi connectivity index (χ1v) is 7.49. The van der Waals surface area contributed by atoms with Gasteiger partial charge in [-0.25, -0.2) is 0 Å². The molecule has 0 N–H and O–H groups in total. The number of nitriles is 2. The van der Waals surface area contributed by atoms with Gasteiger partial charge in [0.05, 0.1) is 11.1 Å². The van der Waals surface area contributed by atoms with Gasteiger partial charge in [0.15, 0.2) is 0 Å². The molecule has 0 radical (unpaired) electrons. The summed E-state index contributed by atoms with van der Waals surface area (Å²) in [7, 11) is 0. The Balaban J connectivity index is 2.58. The van der Waals surface area contributed by atoms with Crippen molar-refractivity contribution in [3.8, 4) is 12.1 Å². The van der Waals surface area contributed by atoms with Crippen LogP contribution in [0.5, 0.6) is 0 Å². The van der Waals surface area contributed by atoms with Crippen molar-refractivity contribution in [3.63, 3.8) is 0 Å². The monoisotopic (exact) mass is 292 g/mol. The third-order valence-corrected chi connectivity index (χ3v) is 4.21. The van der Waals surface area contributed by atoms with Crippen LogP contribution in [0.25, 0.3) is 0 Å². The van der Waals surface area contributed by atoms with E-state index in [2.05, 4.69) is 32.9 Å². The number of hydrogen-bond acceptors (Lipinski definition) is 3. The first kappa shape index (κ1) is 15.2. The van der Waals surface area contributed by atoms with Crippen LogP contribution in [-0.2, 0) is 5.41 Å². The van der Waals surface area contributed by atoms with E-state index >= 15 is 0 Å². The molecule has 21 heavy (non-hydrogen) atoms. The zero-order valence-electron chi connectivity index (χ0n) is 12.3. The van der Waals surface area contributed by atoms with Gasteiger partial charge in [-0.15, -0.1) is 0 Å². The van der Waals surface area contributed by atoms with Gasteiger partial charge < -0.3 is 0 Å². The third-order valence-electron chi connectivity index (χ3n) is 3.14. The molecule has 0 saturated carbocycles. The molecule has 0 fully saturated rings. The lowest BCUT2D eigenvalue weighted by Gasteiger charge is -2.23. The molecule has 0 aliphatic rings. The summed E-state index contributed by atoms with van der Waals surface area (Å²) in [5.41, 5.74) is 1.88. The minimum Gasteiger partial charge on any atom is -0.192 e. The zero-order chi connectivity index (χ0) is 15.5. The van der Waals surface area contributed by atoms with E-state index in [1.807, 2.05) is 42.5 Å². The van der Waals surface area contributed by atoms with Gasteiger partial charge in [-0.3, -0.25) is 0 Å². The molecule has 0 atom stereocenters. The number of hydrogen-bond donors (Lipinski definition) is 0. The molecule has 2 nitrogen and oxygen atoms in total. The number of rotatable bonds is 2. The van der Waals surface area contributed by atoms with E-state index < -0.39 is 0 Å². The highest BCUT2D eigenvalue weighted by Crippen LogP contribution is 2.38. The Labute approximate surface area is 130 Å². The highest BCUT2D eigenvalue weighted by Gasteiger charge is 2.21. The molecule has 0 aliphatic heterocycles. The maximum absolute atomic E-state index is 9.22. The van der Waals surface area contributed by atoms with Gasteiger partial charge in [0.1, 0.15) is 12.1 Å². The van der Waals surface area contributed by atoms with Crippen LogP contribution >= 0.6 is 11.8 Å². The molecule has 0 aliphatic carbocycles. The molecule has 2 rings (SSSR count). The lowest BCUT2D eigenvalue weighted by molar-refractivity contribution is 0.577. The molecule has 0 amide bonds. The predicted molar refractivity (Wildman–Crippen MR) is 85.1 cm³/mol. The van der Waals surface area contributed by atoms with E-state index in [0.29, 0.717) is 11.1 Å². The van der Waals surface area contributed by atoms with Crippen LogP contribution in [0.4, 0.5) is 0 Å². The number of benzene rings is 2. The molecule has 2 aromatic carbocycles. The second-order valence-corrected chi connectivity index (χ2v) is 6.90. The second kappa shape index (κ2) is 6.04. The SMILES string of the molecule is CC(C)(C)c1cc(C#N)c(C#N)cc1Sc1ccccc1. The molecule has 0 bridgehead atoms. The van der Waals surface area contributed by atoms with Gasteiger partial charge in [-0.1, -0.05) is 50.7 Å². The summed E-state index contributed by atoms with van der Waals surface area (Å²) in [4.78, 5) is 2.15. The average Bonchev–Trinajstić information content (AvgIpc) is 2.46. The highest BCUT2D eigenvalue weighted by molar-refractivity contribution is 7.99. The molecule has 0 heterocycles. The fourth-order valence-corrected chi connectivity index (χ4v) is 3.25. The first-order chi connectivity index (χ1) is 9.95. The minimum atomic E-state index is -0.0866. The Kier molecular flexibility index (Phi) is 4.36. The van der Waals surface area contributed by atoms with E-state index in [4.69, 9.17) is 0 Å². The average molecular weight is 292 g/mol. The van der Waals surface area contributed by atoms with Crippen LogP contribution in [0, 0.1) is 22.7 Å². The van der Waals surface area contributed by atoms with Crippen molar-refractivity contribution in [3.05, 3.63) is 59.2 Å². The number of nitrogens with zero attached hydrogens (tertiary/aromatic N) is 2. The van der Waals surface area contributed by atoms with Gasteiger partial charge >= 0.3 is 0 Å². The van der Waals surface area contributed by atoms with Crippen LogP contribution in [-0.4, -0.2) is 0 Å². The molecule has 0 aromatic heterocycles. The molecule has 0 unspecified atom stereocenters. The minimum absolute atomic E-state index is 0.0866. The van der Waals surface area contributed by atoms with Crippen molar-refractivity contribution in [1.82, 2.24) is 0 Å². The van der Waals surface area contributed by atoms with Gasteiger partial charge in [0, 0.05) is 9.79 Å². The van der Waals surface area contributed by atoms with Gasteiger partial charge in [-0.05, 0) is 35.2 Å². The summed E-state index contributed by atoms with van der Waals surface area (Å²) in [5.74, 6) is 0. The lowest BCUT2D eigenvalue weighted by atomic mass is 9.85. The van der Waals surface area contributed by atoms with E-state index in [1.54, 1.807) is 11.8 Å². The Morgan fingerprint density at radius 1 is 0.905 bits per heavy atom. The largest absolute Gasteiger partial charge is 0.192 e. The van der Waals surface area contributed by atoms with Crippen molar-refractivity contribution in [2.75, 3.05) is 0 Å². The van der Waals surface area contributed by atoms with Gasteiger partial charge in [-0.2, -0.15) is 10.5 Å². The lowest BCUT2D eigenvalue weighted by Crippen LogP contribution is -2.13. The summed E-state index contributed by atoms with van der Waals surface area (Å²) in [5, 5.41) is 18.4. The molecule has 3 heteroatoms.